The molecule has 1 rings (SSSR count). The van der Waals surface area contributed by atoms with Crippen LogP contribution in [0.15, 0.2) is 0 Å². The normalized spacial score (nSPS) is 20.7. The predicted molar refractivity (Wildman–Crippen MR) is 66.3 cm³/mol. The van der Waals surface area contributed by atoms with Crippen LogP contribution in [-0.2, 0) is 9.53 Å². The number of rotatable bonds is 6. The minimum absolute atomic E-state index is 0.00830. The number of carbonyl (C=O) groups excluding carboxylic acids is 1. The van der Waals surface area contributed by atoms with Crippen LogP contribution in [0.5, 0.6) is 0 Å². The van der Waals surface area contributed by atoms with Crippen LogP contribution < -0.4 is 10.6 Å². The molecule has 0 aromatic rings. The molecule has 18 heavy (non-hydrogen) atoms. The summed E-state index contributed by atoms with van der Waals surface area (Å²) in [5.41, 5.74) is 0. The van der Waals surface area contributed by atoms with E-state index in [9.17, 15) is 9.59 Å². The Bertz CT molecular complexity index is 288. The molecule has 0 aliphatic carbocycles. The smallest absolute Gasteiger partial charge is 0.314 e. The van der Waals surface area contributed by atoms with Gasteiger partial charge in [-0.1, -0.05) is 13.8 Å². The molecule has 0 aromatic carbocycles. The van der Waals surface area contributed by atoms with E-state index in [-0.39, 0.29) is 18.5 Å². The van der Waals surface area contributed by atoms with Crippen molar-refractivity contribution >= 4 is 12.0 Å². The Morgan fingerprint density at radius 1 is 1.39 bits per heavy atom. The molecule has 6 heteroatoms. The van der Waals surface area contributed by atoms with Crippen molar-refractivity contribution in [3.8, 4) is 0 Å². The fourth-order valence-corrected chi connectivity index (χ4v) is 1.85. The van der Waals surface area contributed by atoms with Gasteiger partial charge in [-0.2, -0.15) is 0 Å². The Kier molecular flexibility index (Phi) is 5.91. The Balaban J connectivity index is 2.20. The number of amides is 2. The molecule has 0 aromatic heterocycles. The first kappa shape index (κ1) is 14.8. The first-order valence-electron chi connectivity index (χ1n) is 6.33. The second-order valence-corrected chi connectivity index (χ2v) is 5.01. The number of urea groups is 1. The molecule has 1 aliphatic rings. The lowest BCUT2D eigenvalue weighted by Crippen LogP contribution is -2.42. The molecule has 6 nitrogen and oxygen atoms in total. The van der Waals surface area contributed by atoms with Gasteiger partial charge in [0.2, 0.25) is 0 Å². The maximum absolute atomic E-state index is 11.5. The van der Waals surface area contributed by atoms with Gasteiger partial charge in [0.1, 0.15) is 0 Å². The summed E-state index contributed by atoms with van der Waals surface area (Å²) in [6.07, 6.45) is 0.962. The summed E-state index contributed by atoms with van der Waals surface area (Å²) in [5, 5.41) is 14.3. The highest BCUT2D eigenvalue weighted by molar-refractivity contribution is 5.75. The second-order valence-electron chi connectivity index (χ2n) is 5.01. The van der Waals surface area contributed by atoms with E-state index in [0.29, 0.717) is 19.1 Å². The van der Waals surface area contributed by atoms with Gasteiger partial charge in [0, 0.05) is 25.6 Å². The molecule has 3 N–H and O–H groups in total. The average molecular weight is 258 g/mol. The molecule has 0 saturated carbocycles. The van der Waals surface area contributed by atoms with E-state index < -0.39 is 11.9 Å². The first-order chi connectivity index (χ1) is 8.50. The monoisotopic (exact) mass is 258 g/mol. The summed E-state index contributed by atoms with van der Waals surface area (Å²) in [6.45, 7) is 5.82. The summed E-state index contributed by atoms with van der Waals surface area (Å²) in [6, 6.07) is -0.311. The Morgan fingerprint density at radius 2 is 2.11 bits per heavy atom. The van der Waals surface area contributed by atoms with Crippen LogP contribution in [0.25, 0.3) is 0 Å². The van der Waals surface area contributed by atoms with Crippen LogP contribution in [0.2, 0.25) is 0 Å². The molecule has 0 spiro atoms. The van der Waals surface area contributed by atoms with E-state index >= 15 is 0 Å². The predicted octanol–water partition coefficient (Wildman–Crippen LogP) is 0.679. The number of carboxylic acid groups (broad SMARTS) is 1. The van der Waals surface area contributed by atoms with Crippen LogP contribution in [-0.4, -0.2) is 43.4 Å². The zero-order valence-corrected chi connectivity index (χ0v) is 10.9. The highest BCUT2D eigenvalue weighted by Crippen LogP contribution is 2.11. The quantitative estimate of drug-likeness (QED) is 0.653. The third kappa shape index (κ3) is 4.91. The van der Waals surface area contributed by atoms with E-state index in [0.717, 1.165) is 13.0 Å². The third-order valence-corrected chi connectivity index (χ3v) is 3.18. The molecular weight excluding hydrogens is 236 g/mol. The number of carboxylic acids is 1. The molecule has 1 heterocycles. The van der Waals surface area contributed by atoms with E-state index in [4.69, 9.17) is 9.84 Å². The van der Waals surface area contributed by atoms with Crippen molar-refractivity contribution in [3.63, 3.8) is 0 Å². The van der Waals surface area contributed by atoms with Crippen LogP contribution >= 0.6 is 0 Å². The number of ether oxygens (including phenoxy) is 1. The van der Waals surface area contributed by atoms with Crippen LogP contribution in [0.4, 0.5) is 4.79 Å². The zero-order valence-electron chi connectivity index (χ0n) is 10.9. The summed E-state index contributed by atoms with van der Waals surface area (Å²) >= 11 is 0. The maximum Gasteiger partial charge on any atom is 0.314 e. The maximum atomic E-state index is 11.5. The SMILES string of the molecule is CC(C)C(CNC(=O)NCC1CCOC1)C(=O)O. The van der Waals surface area contributed by atoms with Crippen molar-refractivity contribution in [3.05, 3.63) is 0 Å². The lowest BCUT2D eigenvalue weighted by molar-refractivity contribution is -0.142. The number of hydrogen-bond acceptors (Lipinski definition) is 3. The van der Waals surface area contributed by atoms with Gasteiger partial charge in [-0.25, -0.2) is 4.79 Å². The summed E-state index contributed by atoms with van der Waals surface area (Å²) in [4.78, 5) is 22.4. The Labute approximate surface area is 107 Å². The average Bonchev–Trinajstić information content (AvgIpc) is 2.78. The van der Waals surface area contributed by atoms with E-state index in [1.807, 2.05) is 13.8 Å². The Hall–Kier alpha value is -1.30. The van der Waals surface area contributed by atoms with Gasteiger partial charge in [-0.3, -0.25) is 4.79 Å². The summed E-state index contributed by atoms with van der Waals surface area (Å²) in [7, 11) is 0. The Morgan fingerprint density at radius 3 is 2.61 bits per heavy atom. The number of aliphatic carboxylic acids is 1. The summed E-state index contributed by atoms with van der Waals surface area (Å²) in [5.74, 6) is -1.07. The van der Waals surface area contributed by atoms with Crippen molar-refractivity contribution in [2.24, 2.45) is 17.8 Å². The minimum Gasteiger partial charge on any atom is -0.481 e. The van der Waals surface area contributed by atoms with Gasteiger partial charge >= 0.3 is 12.0 Å². The number of carbonyl (C=O) groups is 2. The third-order valence-electron chi connectivity index (χ3n) is 3.18. The summed E-state index contributed by atoms with van der Waals surface area (Å²) < 4.78 is 5.20. The topological polar surface area (TPSA) is 87.7 Å². The minimum atomic E-state index is -0.880. The van der Waals surface area contributed by atoms with Crippen molar-refractivity contribution in [2.45, 2.75) is 20.3 Å². The fraction of sp³-hybridized carbons (Fsp3) is 0.833. The molecule has 2 unspecified atom stereocenters. The first-order valence-corrected chi connectivity index (χ1v) is 6.33. The molecule has 1 fully saturated rings. The van der Waals surface area contributed by atoms with Crippen molar-refractivity contribution < 1.29 is 19.4 Å². The van der Waals surface area contributed by atoms with Crippen molar-refractivity contribution in [1.82, 2.24) is 10.6 Å². The van der Waals surface area contributed by atoms with Crippen molar-refractivity contribution in [2.75, 3.05) is 26.3 Å². The van der Waals surface area contributed by atoms with Crippen LogP contribution in [0.1, 0.15) is 20.3 Å². The molecule has 104 valence electrons. The highest BCUT2D eigenvalue weighted by atomic mass is 16.5. The van der Waals surface area contributed by atoms with E-state index in [1.165, 1.54) is 0 Å². The van der Waals surface area contributed by atoms with Gasteiger partial charge in [0.05, 0.1) is 12.5 Å². The lowest BCUT2D eigenvalue weighted by Gasteiger charge is -2.17. The lowest BCUT2D eigenvalue weighted by atomic mass is 9.96. The second kappa shape index (κ2) is 7.20. The van der Waals surface area contributed by atoms with Gasteiger partial charge in [-0.15, -0.1) is 0 Å². The van der Waals surface area contributed by atoms with Gasteiger partial charge in [0.25, 0.3) is 0 Å². The molecular formula is C12H22N2O4. The standard InChI is InChI=1S/C12H22N2O4/c1-8(2)10(11(15)16)6-14-12(17)13-5-9-3-4-18-7-9/h8-10H,3-7H2,1-2H3,(H,15,16)(H2,13,14,17). The number of hydrogen-bond donors (Lipinski definition) is 3. The van der Waals surface area contributed by atoms with Gasteiger partial charge in [0.15, 0.2) is 0 Å². The van der Waals surface area contributed by atoms with Crippen LogP contribution in [0, 0.1) is 17.8 Å². The molecule has 0 radical (unpaired) electrons. The van der Waals surface area contributed by atoms with Crippen LogP contribution in [0.3, 0.4) is 0 Å². The molecule has 0 bridgehead atoms. The van der Waals surface area contributed by atoms with E-state index in [1.54, 1.807) is 0 Å². The van der Waals surface area contributed by atoms with E-state index in [2.05, 4.69) is 10.6 Å². The fourth-order valence-electron chi connectivity index (χ4n) is 1.85. The molecule has 2 atom stereocenters. The zero-order chi connectivity index (χ0) is 13.5. The number of nitrogens with one attached hydrogen (secondary N) is 2. The van der Waals surface area contributed by atoms with Gasteiger partial charge in [-0.05, 0) is 12.3 Å². The van der Waals surface area contributed by atoms with Crippen molar-refractivity contribution in [1.29, 1.82) is 0 Å². The molecule has 1 saturated heterocycles. The largest absolute Gasteiger partial charge is 0.481 e. The molecule has 1 aliphatic heterocycles. The molecule has 2 amide bonds. The van der Waals surface area contributed by atoms with Gasteiger partial charge < -0.3 is 20.5 Å². The highest BCUT2D eigenvalue weighted by Gasteiger charge is 2.22.